The van der Waals surface area contributed by atoms with E-state index in [-0.39, 0.29) is 11.4 Å². The van der Waals surface area contributed by atoms with Gasteiger partial charge < -0.3 is 11.1 Å². The van der Waals surface area contributed by atoms with Crippen molar-refractivity contribution in [3.8, 4) is 0 Å². The molecule has 2 aromatic carbocycles. The van der Waals surface area contributed by atoms with Crippen LogP contribution in [0.5, 0.6) is 0 Å². The molecular weight excluding hydrogens is 318 g/mol. The summed E-state index contributed by atoms with van der Waals surface area (Å²) in [5.74, 6) is -1.97. The summed E-state index contributed by atoms with van der Waals surface area (Å²) in [5, 5.41) is 2.81. The fourth-order valence-electron chi connectivity index (χ4n) is 1.59. The van der Waals surface area contributed by atoms with Crippen molar-refractivity contribution >= 4 is 40.6 Å². The summed E-state index contributed by atoms with van der Waals surface area (Å²) < 4.78 is 26.2. The fourth-order valence-corrected chi connectivity index (χ4v) is 2.73. The van der Waals surface area contributed by atoms with Gasteiger partial charge in [0.15, 0.2) is 0 Å². The molecule has 3 N–H and O–H groups in total. The van der Waals surface area contributed by atoms with E-state index in [1.54, 1.807) is 18.2 Å². The van der Waals surface area contributed by atoms with Crippen LogP contribution >= 0.6 is 23.4 Å². The Labute approximate surface area is 129 Å². The number of benzene rings is 2. The van der Waals surface area contributed by atoms with Crippen LogP contribution in [0.25, 0.3) is 0 Å². The van der Waals surface area contributed by atoms with Gasteiger partial charge in [0.2, 0.25) is 5.91 Å². The number of halogens is 3. The molecule has 0 unspecified atom stereocenters. The smallest absolute Gasteiger partial charge is 0.234 e. The Morgan fingerprint density at radius 1 is 1.29 bits per heavy atom. The van der Waals surface area contributed by atoms with Crippen LogP contribution in [0.15, 0.2) is 41.3 Å². The van der Waals surface area contributed by atoms with Crippen molar-refractivity contribution in [2.24, 2.45) is 0 Å². The molecular formula is C14H11ClF2N2OS. The highest BCUT2D eigenvalue weighted by molar-refractivity contribution is 8.00. The zero-order chi connectivity index (χ0) is 15.4. The summed E-state index contributed by atoms with van der Waals surface area (Å²) in [5.41, 5.74) is 6.15. The van der Waals surface area contributed by atoms with Gasteiger partial charge in [0, 0.05) is 16.6 Å². The Morgan fingerprint density at radius 2 is 2.05 bits per heavy atom. The summed E-state index contributed by atoms with van der Waals surface area (Å²) >= 11 is 7.13. The van der Waals surface area contributed by atoms with Crippen LogP contribution in [-0.2, 0) is 4.79 Å². The van der Waals surface area contributed by atoms with E-state index >= 15 is 0 Å². The lowest BCUT2D eigenvalue weighted by atomic mass is 10.3. The van der Waals surface area contributed by atoms with Crippen LogP contribution < -0.4 is 11.1 Å². The molecule has 0 aromatic heterocycles. The van der Waals surface area contributed by atoms with E-state index in [9.17, 15) is 13.6 Å². The van der Waals surface area contributed by atoms with Crippen LogP contribution in [0, 0.1) is 11.6 Å². The molecule has 7 heteroatoms. The SMILES string of the molecule is Nc1cccc(Cl)c1SCC(=O)Nc1ccc(F)cc1F. The van der Waals surface area contributed by atoms with E-state index < -0.39 is 17.5 Å². The lowest BCUT2D eigenvalue weighted by Gasteiger charge is -2.09. The molecule has 0 heterocycles. The van der Waals surface area contributed by atoms with Crippen molar-refractivity contribution < 1.29 is 13.6 Å². The molecule has 0 atom stereocenters. The first-order valence-electron chi connectivity index (χ1n) is 5.89. The van der Waals surface area contributed by atoms with E-state index in [0.717, 1.165) is 23.9 Å². The van der Waals surface area contributed by atoms with Crippen molar-refractivity contribution in [3.63, 3.8) is 0 Å². The number of hydrogen-bond donors (Lipinski definition) is 2. The number of rotatable bonds is 4. The van der Waals surface area contributed by atoms with Gasteiger partial charge in [-0.25, -0.2) is 8.78 Å². The Balaban J connectivity index is 1.99. The van der Waals surface area contributed by atoms with Crippen molar-refractivity contribution in [3.05, 3.63) is 53.1 Å². The van der Waals surface area contributed by atoms with E-state index in [2.05, 4.69) is 5.32 Å². The van der Waals surface area contributed by atoms with Gasteiger partial charge in [0.25, 0.3) is 0 Å². The minimum atomic E-state index is -0.828. The summed E-state index contributed by atoms with van der Waals surface area (Å²) in [4.78, 5) is 12.4. The highest BCUT2D eigenvalue weighted by atomic mass is 35.5. The molecule has 0 saturated carbocycles. The maximum Gasteiger partial charge on any atom is 0.234 e. The molecule has 0 saturated heterocycles. The summed E-state index contributed by atoms with van der Waals surface area (Å²) in [7, 11) is 0. The van der Waals surface area contributed by atoms with E-state index in [1.807, 2.05) is 0 Å². The van der Waals surface area contributed by atoms with Crippen LogP contribution in [0.2, 0.25) is 5.02 Å². The highest BCUT2D eigenvalue weighted by Crippen LogP contribution is 2.32. The van der Waals surface area contributed by atoms with Crippen LogP contribution in [0.4, 0.5) is 20.2 Å². The number of carbonyl (C=O) groups excluding carboxylic acids is 1. The Morgan fingerprint density at radius 3 is 2.71 bits per heavy atom. The summed E-state index contributed by atoms with van der Waals surface area (Å²) in [6, 6.07) is 7.98. The molecule has 0 radical (unpaired) electrons. The lowest BCUT2D eigenvalue weighted by Crippen LogP contribution is -2.15. The topological polar surface area (TPSA) is 55.1 Å². The van der Waals surface area contributed by atoms with Crippen LogP contribution in [0.3, 0.4) is 0 Å². The van der Waals surface area contributed by atoms with Crippen molar-refractivity contribution in [2.75, 3.05) is 16.8 Å². The number of hydrogen-bond acceptors (Lipinski definition) is 3. The molecule has 0 fully saturated rings. The second-order valence-electron chi connectivity index (χ2n) is 4.12. The molecule has 0 spiro atoms. The molecule has 2 aromatic rings. The second-order valence-corrected chi connectivity index (χ2v) is 5.51. The van der Waals surface area contributed by atoms with Gasteiger partial charge in [0.1, 0.15) is 11.6 Å². The van der Waals surface area contributed by atoms with Gasteiger partial charge >= 0.3 is 0 Å². The number of carbonyl (C=O) groups is 1. The normalized spacial score (nSPS) is 10.4. The first-order valence-corrected chi connectivity index (χ1v) is 7.25. The molecule has 110 valence electrons. The van der Waals surface area contributed by atoms with Gasteiger partial charge in [-0.3, -0.25) is 4.79 Å². The maximum absolute atomic E-state index is 13.4. The third-order valence-electron chi connectivity index (χ3n) is 2.55. The van der Waals surface area contributed by atoms with Crippen molar-refractivity contribution in [1.29, 1.82) is 0 Å². The van der Waals surface area contributed by atoms with Gasteiger partial charge in [-0.1, -0.05) is 17.7 Å². The van der Waals surface area contributed by atoms with Gasteiger partial charge in [0.05, 0.1) is 16.5 Å². The first kappa shape index (κ1) is 15.6. The molecule has 3 nitrogen and oxygen atoms in total. The molecule has 0 aliphatic heterocycles. The lowest BCUT2D eigenvalue weighted by molar-refractivity contribution is -0.113. The maximum atomic E-state index is 13.4. The molecule has 0 aliphatic carbocycles. The average Bonchev–Trinajstić information content (AvgIpc) is 2.41. The Bertz CT molecular complexity index is 662. The number of nitrogens with one attached hydrogen (secondary N) is 1. The second kappa shape index (κ2) is 6.78. The minimum absolute atomic E-state index is 0.00471. The van der Waals surface area contributed by atoms with Gasteiger partial charge in [-0.2, -0.15) is 0 Å². The Hall–Kier alpha value is -1.79. The number of nitrogen functional groups attached to an aromatic ring is 1. The van der Waals surface area contributed by atoms with E-state index in [4.69, 9.17) is 17.3 Å². The summed E-state index contributed by atoms with van der Waals surface area (Å²) in [6.07, 6.45) is 0. The van der Waals surface area contributed by atoms with Crippen LogP contribution in [0.1, 0.15) is 0 Å². The van der Waals surface area contributed by atoms with Crippen LogP contribution in [-0.4, -0.2) is 11.7 Å². The monoisotopic (exact) mass is 328 g/mol. The molecule has 0 aliphatic rings. The number of thioether (sulfide) groups is 1. The van der Waals surface area contributed by atoms with Crippen molar-refractivity contribution in [2.45, 2.75) is 4.90 Å². The number of nitrogens with two attached hydrogens (primary N) is 1. The third-order valence-corrected chi connectivity index (χ3v) is 4.13. The molecule has 2 rings (SSSR count). The Kier molecular flexibility index (Phi) is 5.03. The molecule has 1 amide bonds. The highest BCUT2D eigenvalue weighted by Gasteiger charge is 2.11. The predicted molar refractivity (Wildman–Crippen MR) is 81.6 cm³/mol. The standard InChI is InChI=1S/C14H11ClF2N2OS/c15-9-2-1-3-11(18)14(9)21-7-13(20)19-12-5-4-8(16)6-10(12)17/h1-6H,7,18H2,(H,19,20). The van der Waals surface area contributed by atoms with Gasteiger partial charge in [-0.15, -0.1) is 11.8 Å². The fraction of sp³-hybridized carbons (Fsp3) is 0.0714. The zero-order valence-corrected chi connectivity index (χ0v) is 12.3. The minimum Gasteiger partial charge on any atom is -0.398 e. The largest absolute Gasteiger partial charge is 0.398 e. The van der Waals surface area contributed by atoms with E-state index in [1.165, 1.54) is 0 Å². The van der Waals surface area contributed by atoms with Crippen molar-refractivity contribution in [1.82, 2.24) is 0 Å². The quantitative estimate of drug-likeness (QED) is 0.660. The number of anilines is 2. The third kappa shape index (κ3) is 4.09. The van der Waals surface area contributed by atoms with E-state index in [0.29, 0.717) is 21.7 Å². The molecule has 21 heavy (non-hydrogen) atoms. The average molecular weight is 329 g/mol. The molecule has 0 bridgehead atoms. The first-order chi connectivity index (χ1) is 9.97. The number of amides is 1. The van der Waals surface area contributed by atoms with Gasteiger partial charge in [-0.05, 0) is 24.3 Å². The zero-order valence-electron chi connectivity index (χ0n) is 10.7. The predicted octanol–water partition coefficient (Wildman–Crippen LogP) is 3.93. The summed E-state index contributed by atoms with van der Waals surface area (Å²) in [6.45, 7) is 0.